The smallest absolute Gasteiger partial charge is 0.0465 e. The molecule has 1 aromatic rings. The quantitative estimate of drug-likeness (QED) is 0.799. The molecule has 1 aliphatic rings. The molecule has 1 aromatic carbocycles. The van der Waals surface area contributed by atoms with Crippen molar-refractivity contribution in [3.63, 3.8) is 0 Å². The summed E-state index contributed by atoms with van der Waals surface area (Å²) in [6, 6.07) is 8.52. The van der Waals surface area contributed by atoms with Crippen molar-refractivity contribution in [1.82, 2.24) is 0 Å². The Kier molecular flexibility index (Phi) is 3.42. The van der Waals surface area contributed by atoms with Gasteiger partial charge < -0.3 is 5.11 Å². The van der Waals surface area contributed by atoms with Crippen molar-refractivity contribution in [2.24, 2.45) is 11.8 Å². The van der Waals surface area contributed by atoms with Crippen LogP contribution in [0.25, 0.3) is 0 Å². The number of aliphatic hydroxyl groups excluding tert-OH is 1. The highest BCUT2D eigenvalue weighted by atomic mass is 16.3. The summed E-state index contributed by atoms with van der Waals surface area (Å²) in [5.74, 6) is 1.26. The third-order valence-electron chi connectivity index (χ3n) is 3.79. The molecule has 1 nitrogen and oxygen atoms in total. The molecule has 0 spiro atoms. The fourth-order valence-electron chi connectivity index (χ4n) is 2.41. The van der Waals surface area contributed by atoms with Gasteiger partial charge >= 0.3 is 0 Å². The Balaban J connectivity index is 2.02. The Bertz CT molecular complexity index is 315. The van der Waals surface area contributed by atoms with E-state index in [1.54, 1.807) is 0 Å². The largest absolute Gasteiger partial charge is 0.396 e. The number of hydrogen-bond donors (Lipinski definition) is 1. The minimum Gasteiger partial charge on any atom is -0.396 e. The van der Waals surface area contributed by atoms with E-state index < -0.39 is 0 Å². The van der Waals surface area contributed by atoms with Gasteiger partial charge in [0.1, 0.15) is 0 Å². The van der Waals surface area contributed by atoms with Crippen LogP contribution < -0.4 is 0 Å². The zero-order chi connectivity index (χ0) is 10.7. The van der Waals surface area contributed by atoms with Gasteiger partial charge in [0.2, 0.25) is 0 Å². The highest BCUT2D eigenvalue weighted by Crippen LogP contribution is 2.35. The molecule has 0 heterocycles. The predicted octanol–water partition coefficient (Wildman–Crippen LogP) is 2.95. The minimum absolute atomic E-state index is 0.346. The second kappa shape index (κ2) is 4.80. The number of aryl methyl sites for hydroxylation is 1. The van der Waals surface area contributed by atoms with Crippen molar-refractivity contribution in [3.05, 3.63) is 35.4 Å². The van der Waals surface area contributed by atoms with Crippen LogP contribution in [0, 0.1) is 18.8 Å². The van der Waals surface area contributed by atoms with Gasteiger partial charge in [0.15, 0.2) is 0 Å². The Morgan fingerprint density at radius 1 is 1.33 bits per heavy atom. The topological polar surface area (TPSA) is 20.2 Å². The first-order chi connectivity index (χ1) is 7.31. The second-order valence-corrected chi connectivity index (χ2v) is 4.76. The Morgan fingerprint density at radius 2 is 2.07 bits per heavy atom. The first-order valence-electron chi connectivity index (χ1n) is 5.96. The van der Waals surface area contributed by atoms with Crippen molar-refractivity contribution >= 4 is 0 Å². The molecule has 0 saturated heterocycles. The summed E-state index contributed by atoms with van der Waals surface area (Å²) in [5, 5.41) is 9.41. The molecule has 0 radical (unpaired) electrons. The van der Waals surface area contributed by atoms with Crippen LogP contribution in [0.5, 0.6) is 0 Å². The maximum absolute atomic E-state index is 9.41. The van der Waals surface area contributed by atoms with Gasteiger partial charge in [0.05, 0.1) is 0 Å². The first-order valence-corrected chi connectivity index (χ1v) is 5.96. The van der Waals surface area contributed by atoms with E-state index >= 15 is 0 Å². The summed E-state index contributed by atoms with van der Waals surface area (Å²) in [5.41, 5.74) is 2.76. The summed E-state index contributed by atoms with van der Waals surface area (Å²) in [6.45, 7) is 2.50. The van der Waals surface area contributed by atoms with Gasteiger partial charge in [0, 0.05) is 6.61 Å². The molecular weight excluding hydrogens is 184 g/mol. The van der Waals surface area contributed by atoms with Crippen LogP contribution >= 0.6 is 0 Å². The van der Waals surface area contributed by atoms with E-state index in [2.05, 4.69) is 31.2 Å². The molecule has 1 aliphatic carbocycles. The van der Waals surface area contributed by atoms with E-state index in [1.165, 1.54) is 30.4 Å². The third-order valence-corrected chi connectivity index (χ3v) is 3.79. The molecule has 1 N–H and O–H groups in total. The molecule has 0 aliphatic heterocycles. The van der Waals surface area contributed by atoms with Crippen molar-refractivity contribution in [2.75, 3.05) is 6.61 Å². The molecule has 0 amide bonds. The normalized spacial score (nSPS) is 18.5. The third kappa shape index (κ3) is 2.40. The van der Waals surface area contributed by atoms with E-state index in [1.807, 2.05) is 0 Å². The average Bonchev–Trinajstić information content (AvgIpc) is 2.17. The predicted molar refractivity (Wildman–Crippen MR) is 62.8 cm³/mol. The number of aliphatic hydroxyl groups is 1. The van der Waals surface area contributed by atoms with Crippen molar-refractivity contribution in [2.45, 2.75) is 32.6 Å². The molecule has 1 unspecified atom stereocenters. The maximum atomic E-state index is 9.41. The van der Waals surface area contributed by atoms with Crippen molar-refractivity contribution in [3.8, 4) is 0 Å². The number of hydrogen-bond acceptors (Lipinski definition) is 1. The fraction of sp³-hybridized carbons (Fsp3) is 0.571. The van der Waals surface area contributed by atoms with Crippen LogP contribution in [-0.4, -0.2) is 11.7 Å². The van der Waals surface area contributed by atoms with Crippen LogP contribution in [0.4, 0.5) is 0 Å². The van der Waals surface area contributed by atoms with Crippen LogP contribution in [0.3, 0.4) is 0 Å². The van der Waals surface area contributed by atoms with E-state index in [9.17, 15) is 5.11 Å². The molecule has 0 bridgehead atoms. The van der Waals surface area contributed by atoms with Crippen LogP contribution in [0.15, 0.2) is 24.3 Å². The number of benzene rings is 1. The summed E-state index contributed by atoms with van der Waals surface area (Å²) in [6.07, 6.45) is 5.04. The monoisotopic (exact) mass is 204 g/mol. The molecule has 1 heteroatoms. The lowest BCUT2D eigenvalue weighted by Gasteiger charge is -2.33. The summed E-state index contributed by atoms with van der Waals surface area (Å²) in [7, 11) is 0. The molecule has 15 heavy (non-hydrogen) atoms. The lowest BCUT2D eigenvalue weighted by molar-refractivity contribution is 0.123. The SMILES string of the molecule is Cc1ccccc1CC(CO)C1CCC1. The van der Waals surface area contributed by atoms with Crippen molar-refractivity contribution < 1.29 is 5.11 Å². The molecule has 1 saturated carbocycles. The first kappa shape index (κ1) is 10.7. The van der Waals surface area contributed by atoms with E-state index in [4.69, 9.17) is 0 Å². The fourth-order valence-corrected chi connectivity index (χ4v) is 2.41. The Hall–Kier alpha value is -0.820. The number of rotatable bonds is 4. The van der Waals surface area contributed by atoms with Crippen LogP contribution in [0.2, 0.25) is 0 Å². The van der Waals surface area contributed by atoms with Gasteiger partial charge in [-0.25, -0.2) is 0 Å². The molecule has 82 valence electrons. The zero-order valence-electron chi connectivity index (χ0n) is 9.45. The molecule has 2 rings (SSSR count). The van der Waals surface area contributed by atoms with Gasteiger partial charge in [-0.3, -0.25) is 0 Å². The van der Waals surface area contributed by atoms with Gasteiger partial charge in [-0.15, -0.1) is 0 Å². The van der Waals surface area contributed by atoms with Gasteiger partial charge in [-0.2, -0.15) is 0 Å². The Labute approximate surface area is 92.1 Å². The maximum Gasteiger partial charge on any atom is 0.0465 e. The second-order valence-electron chi connectivity index (χ2n) is 4.76. The van der Waals surface area contributed by atoms with Crippen LogP contribution in [0.1, 0.15) is 30.4 Å². The Morgan fingerprint density at radius 3 is 2.60 bits per heavy atom. The van der Waals surface area contributed by atoms with E-state index in [0.29, 0.717) is 12.5 Å². The lowest BCUT2D eigenvalue weighted by atomic mass is 9.73. The molecular formula is C14H20O. The average molecular weight is 204 g/mol. The molecule has 1 atom stereocenters. The van der Waals surface area contributed by atoms with Gasteiger partial charge in [-0.1, -0.05) is 43.5 Å². The summed E-state index contributed by atoms with van der Waals surface area (Å²) < 4.78 is 0. The van der Waals surface area contributed by atoms with E-state index in [-0.39, 0.29) is 0 Å². The zero-order valence-corrected chi connectivity index (χ0v) is 9.45. The standard InChI is InChI=1S/C14H20O/c1-11-5-2-3-6-13(11)9-14(10-15)12-7-4-8-12/h2-3,5-6,12,14-15H,4,7-10H2,1H3. The van der Waals surface area contributed by atoms with Crippen molar-refractivity contribution in [1.29, 1.82) is 0 Å². The summed E-state index contributed by atoms with van der Waals surface area (Å²) in [4.78, 5) is 0. The van der Waals surface area contributed by atoms with E-state index in [0.717, 1.165) is 12.3 Å². The van der Waals surface area contributed by atoms with Crippen LogP contribution in [-0.2, 0) is 6.42 Å². The highest BCUT2D eigenvalue weighted by Gasteiger charge is 2.26. The molecule has 0 aromatic heterocycles. The molecule has 1 fully saturated rings. The summed E-state index contributed by atoms with van der Waals surface area (Å²) >= 11 is 0. The highest BCUT2D eigenvalue weighted by molar-refractivity contribution is 5.26. The minimum atomic E-state index is 0.346. The van der Waals surface area contributed by atoms with Gasteiger partial charge in [-0.05, 0) is 36.3 Å². The van der Waals surface area contributed by atoms with Gasteiger partial charge in [0.25, 0.3) is 0 Å². The lowest BCUT2D eigenvalue weighted by Crippen LogP contribution is -2.26.